The molecule has 2 aromatic rings. The van der Waals surface area contributed by atoms with Crippen molar-refractivity contribution in [1.82, 2.24) is 10.6 Å². The van der Waals surface area contributed by atoms with E-state index in [1.165, 1.54) is 0 Å². The molecule has 0 spiro atoms. The van der Waals surface area contributed by atoms with Crippen molar-refractivity contribution in [3.63, 3.8) is 0 Å². The highest BCUT2D eigenvalue weighted by molar-refractivity contribution is 6.31. The van der Waals surface area contributed by atoms with Crippen LogP contribution < -0.4 is 20.1 Å². The minimum atomic E-state index is -0.250. The van der Waals surface area contributed by atoms with Crippen LogP contribution in [0.1, 0.15) is 24.0 Å². The van der Waals surface area contributed by atoms with Gasteiger partial charge in [0.2, 0.25) is 0 Å². The van der Waals surface area contributed by atoms with E-state index in [-0.39, 0.29) is 18.1 Å². The number of ether oxygens (including phenoxy) is 3. The first kappa shape index (κ1) is 22.8. The van der Waals surface area contributed by atoms with E-state index in [1.807, 2.05) is 30.3 Å². The fourth-order valence-electron chi connectivity index (χ4n) is 3.75. The molecule has 2 N–H and O–H groups in total. The Kier molecular flexibility index (Phi) is 8.05. The second-order valence-electron chi connectivity index (χ2n) is 7.39. The van der Waals surface area contributed by atoms with Crippen LogP contribution in [0.4, 0.5) is 4.79 Å². The third-order valence-electron chi connectivity index (χ3n) is 5.47. The molecular formula is C24H27ClN2O4. The van der Waals surface area contributed by atoms with E-state index in [4.69, 9.17) is 32.2 Å². The Bertz CT molecular complexity index is 935. The maximum Gasteiger partial charge on any atom is 0.315 e. The van der Waals surface area contributed by atoms with Gasteiger partial charge in [-0.3, -0.25) is 0 Å². The highest BCUT2D eigenvalue weighted by atomic mass is 35.5. The summed E-state index contributed by atoms with van der Waals surface area (Å²) < 4.78 is 16.3. The number of rotatable bonds is 8. The average molecular weight is 443 g/mol. The van der Waals surface area contributed by atoms with Gasteiger partial charge < -0.3 is 24.8 Å². The molecule has 0 unspecified atom stereocenters. The van der Waals surface area contributed by atoms with Crippen molar-refractivity contribution < 1.29 is 19.0 Å². The van der Waals surface area contributed by atoms with Gasteiger partial charge in [-0.2, -0.15) is 0 Å². The summed E-state index contributed by atoms with van der Waals surface area (Å²) >= 11 is 6.48. The summed E-state index contributed by atoms with van der Waals surface area (Å²) in [4.78, 5) is 12.5. The number of amides is 2. The minimum Gasteiger partial charge on any atom is -0.493 e. The van der Waals surface area contributed by atoms with E-state index in [0.29, 0.717) is 42.8 Å². The monoisotopic (exact) mass is 442 g/mol. The van der Waals surface area contributed by atoms with Gasteiger partial charge in [0.25, 0.3) is 0 Å². The van der Waals surface area contributed by atoms with Gasteiger partial charge in [0.1, 0.15) is 6.61 Å². The van der Waals surface area contributed by atoms with Crippen molar-refractivity contribution in [1.29, 1.82) is 0 Å². The summed E-state index contributed by atoms with van der Waals surface area (Å²) in [5.74, 6) is 3.56. The molecule has 0 saturated carbocycles. The zero-order valence-corrected chi connectivity index (χ0v) is 18.3. The van der Waals surface area contributed by atoms with Crippen molar-refractivity contribution in [2.24, 2.45) is 0 Å². The number of hydrogen-bond donors (Lipinski definition) is 2. The van der Waals surface area contributed by atoms with E-state index in [2.05, 4.69) is 16.6 Å². The SMILES string of the molecule is C#CCOc1cc(CNC(=O)NCC2(c3ccccc3Cl)CCOCC2)ccc1OC. The van der Waals surface area contributed by atoms with Crippen LogP contribution in [-0.4, -0.2) is 39.5 Å². The quantitative estimate of drug-likeness (QED) is 0.608. The lowest BCUT2D eigenvalue weighted by atomic mass is 9.74. The number of urea groups is 1. The lowest BCUT2D eigenvalue weighted by molar-refractivity contribution is 0.0507. The number of methoxy groups -OCH3 is 1. The molecule has 1 aliphatic rings. The Morgan fingerprint density at radius 3 is 2.68 bits per heavy atom. The van der Waals surface area contributed by atoms with Crippen molar-refractivity contribution in [3.05, 3.63) is 58.6 Å². The van der Waals surface area contributed by atoms with Crippen molar-refractivity contribution >= 4 is 17.6 Å². The van der Waals surface area contributed by atoms with E-state index in [9.17, 15) is 4.79 Å². The zero-order valence-electron chi connectivity index (χ0n) is 17.6. The van der Waals surface area contributed by atoms with Crippen LogP contribution in [0.2, 0.25) is 5.02 Å². The maximum atomic E-state index is 12.5. The Morgan fingerprint density at radius 1 is 1.19 bits per heavy atom. The molecule has 0 bridgehead atoms. The molecule has 3 rings (SSSR count). The minimum absolute atomic E-state index is 0.140. The number of nitrogens with one attached hydrogen (secondary N) is 2. The van der Waals surface area contributed by atoms with Gasteiger partial charge in [0.15, 0.2) is 11.5 Å². The number of halogens is 1. The summed E-state index contributed by atoms with van der Waals surface area (Å²) in [6.45, 7) is 2.23. The molecule has 31 heavy (non-hydrogen) atoms. The Balaban J connectivity index is 1.61. The molecule has 1 aliphatic heterocycles. The number of carbonyl (C=O) groups excluding carboxylic acids is 1. The third kappa shape index (κ3) is 5.84. The van der Waals surface area contributed by atoms with Gasteiger partial charge in [-0.05, 0) is 42.2 Å². The molecule has 1 heterocycles. The average Bonchev–Trinajstić information content (AvgIpc) is 2.81. The number of terminal acetylenes is 1. The molecule has 2 amide bonds. The van der Waals surface area contributed by atoms with Crippen LogP contribution in [0.5, 0.6) is 11.5 Å². The fourth-order valence-corrected chi connectivity index (χ4v) is 4.09. The van der Waals surface area contributed by atoms with Gasteiger partial charge in [-0.25, -0.2) is 4.79 Å². The van der Waals surface area contributed by atoms with E-state index in [1.54, 1.807) is 19.2 Å². The molecule has 0 atom stereocenters. The first-order valence-corrected chi connectivity index (χ1v) is 10.5. The highest BCUT2D eigenvalue weighted by Gasteiger charge is 2.36. The first-order valence-electron chi connectivity index (χ1n) is 10.2. The topological polar surface area (TPSA) is 68.8 Å². The lowest BCUT2D eigenvalue weighted by Gasteiger charge is -2.38. The van der Waals surface area contributed by atoms with Crippen LogP contribution >= 0.6 is 11.6 Å². The highest BCUT2D eigenvalue weighted by Crippen LogP contribution is 2.38. The normalized spacial score (nSPS) is 14.9. The van der Waals surface area contributed by atoms with Crippen LogP contribution in [-0.2, 0) is 16.7 Å². The van der Waals surface area contributed by atoms with E-state index >= 15 is 0 Å². The zero-order chi connectivity index (χ0) is 22.1. The maximum absolute atomic E-state index is 12.5. The Morgan fingerprint density at radius 2 is 1.97 bits per heavy atom. The van der Waals surface area contributed by atoms with Crippen molar-refractivity contribution in [2.45, 2.75) is 24.8 Å². The summed E-state index contributed by atoms with van der Waals surface area (Å²) in [5.41, 5.74) is 1.67. The van der Waals surface area contributed by atoms with Crippen molar-refractivity contribution in [2.75, 3.05) is 33.5 Å². The summed E-state index contributed by atoms with van der Waals surface area (Å²) in [6, 6.07) is 13.0. The lowest BCUT2D eigenvalue weighted by Crippen LogP contribution is -2.47. The molecular weight excluding hydrogens is 416 g/mol. The van der Waals surface area contributed by atoms with Gasteiger partial charge in [-0.15, -0.1) is 6.42 Å². The number of carbonyl (C=O) groups is 1. The molecule has 1 fully saturated rings. The van der Waals surface area contributed by atoms with E-state index < -0.39 is 0 Å². The van der Waals surface area contributed by atoms with Crippen LogP contribution in [0.25, 0.3) is 0 Å². The fraction of sp³-hybridized carbons (Fsp3) is 0.375. The largest absolute Gasteiger partial charge is 0.493 e. The smallest absolute Gasteiger partial charge is 0.315 e. The van der Waals surface area contributed by atoms with Gasteiger partial charge in [-0.1, -0.05) is 41.8 Å². The van der Waals surface area contributed by atoms with E-state index in [0.717, 1.165) is 24.0 Å². The van der Waals surface area contributed by atoms with Gasteiger partial charge in [0.05, 0.1) is 7.11 Å². The standard InChI is InChI=1S/C24H27ClN2O4/c1-3-12-31-22-15-18(8-9-21(22)29-2)16-26-23(28)27-17-24(10-13-30-14-11-24)19-6-4-5-7-20(19)25/h1,4-9,15H,10-14,16-17H2,2H3,(H2,26,27,28). The first-order chi connectivity index (χ1) is 15.1. The van der Waals surface area contributed by atoms with Gasteiger partial charge in [0, 0.05) is 36.7 Å². The molecule has 0 radical (unpaired) electrons. The Labute approximate surface area is 188 Å². The molecule has 7 heteroatoms. The predicted molar refractivity (Wildman–Crippen MR) is 121 cm³/mol. The molecule has 0 aromatic heterocycles. The van der Waals surface area contributed by atoms with Crippen LogP contribution in [0, 0.1) is 12.3 Å². The summed E-state index contributed by atoms with van der Waals surface area (Å²) in [6.07, 6.45) is 6.86. The molecule has 0 aliphatic carbocycles. The second-order valence-corrected chi connectivity index (χ2v) is 7.79. The molecule has 1 saturated heterocycles. The second kappa shape index (κ2) is 10.9. The third-order valence-corrected chi connectivity index (χ3v) is 5.80. The van der Waals surface area contributed by atoms with Crippen molar-refractivity contribution in [3.8, 4) is 23.8 Å². The summed E-state index contributed by atoms with van der Waals surface area (Å²) in [7, 11) is 1.56. The molecule has 2 aromatic carbocycles. The molecule has 164 valence electrons. The van der Waals surface area contributed by atoms with Crippen LogP contribution in [0.15, 0.2) is 42.5 Å². The van der Waals surface area contributed by atoms with Crippen LogP contribution in [0.3, 0.4) is 0 Å². The number of hydrogen-bond acceptors (Lipinski definition) is 4. The summed E-state index contributed by atoms with van der Waals surface area (Å²) in [5, 5.41) is 6.62. The van der Waals surface area contributed by atoms with Gasteiger partial charge >= 0.3 is 6.03 Å². The molecule has 6 nitrogen and oxygen atoms in total. The predicted octanol–water partition coefficient (Wildman–Crippen LogP) is 3.91. The number of benzene rings is 2. The Hall–Kier alpha value is -2.88.